The molecule has 6 nitrogen and oxygen atoms in total. The monoisotopic (exact) mass is 351 g/mol. The smallest absolute Gasteiger partial charge is 0.408 e. The zero-order valence-corrected chi connectivity index (χ0v) is 15.8. The molecule has 1 atom stereocenters. The van der Waals surface area contributed by atoms with Crippen LogP contribution in [0.2, 0.25) is 0 Å². The second-order valence-electron chi connectivity index (χ2n) is 6.57. The van der Waals surface area contributed by atoms with Crippen molar-refractivity contribution in [2.75, 3.05) is 13.2 Å². The standard InChI is InChI=1S/C17H23NO5.C2H6/c1-16(2,3)23-15(20)18-17(9-10-21-12-17)14(19)22-11-13-7-5-4-6-8-13;1-2/h4-8H,9-12H2,1-3H3,(H,18,20);1-2H3. The van der Waals surface area contributed by atoms with Crippen LogP contribution in [0.3, 0.4) is 0 Å². The molecule has 0 aromatic heterocycles. The quantitative estimate of drug-likeness (QED) is 0.841. The summed E-state index contributed by atoms with van der Waals surface area (Å²) in [6.07, 6.45) is -0.292. The summed E-state index contributed by atoms with van der Waals surface area (Å²) in [6, 6.07) is 9.37. The van der Waals surface area contributed by atoms with Gasteiger partial charge in [0.05, 0.1) is 6.61 Å². The zero-order chi connectivity index (χ0) is 18.9. The van der Waals surface area contributed by atoms with Crippen LogP contribution < -0.4 is 5.32 Å². The van der Waals surface area contributed by atoms with Gasteiger partial charge in [-0.1, -0.05) is 44.2 Å². The maximum Gasteiger partial charge on any atom is 0.408 e. The van der Waals surface area contributed by atoms with Gasteiger partial charge in [-0.25, -0.2) is 9.59 Å². The third-order valence-corrected chi connectivity index (χ3v) is 3.37. The Balaban J connectivity index is 0.00000151. The molecule has 0 saturated carbocycles. The first-order valence-electron chi connectivity index (χ1n) is 8.61. The van der Waals surface area contributed by atoms with Crippen molar-refractivity contribution in [3.63, 3.8) is 0 Å². The molecule has 6 heteroatoms. The maximum absolute atomic E-state index is 12.5. The van der Waals surface area contributed by atoms with Gasteiger partial charge in [0.25, 0.3) is 0 Å². The number of ether oxygens (including phenoxy) is 3. The number of carbonyl (C=O) groups is 2. The van der Waals surface area contributed by atoms with E-state index >= 15 is 0 Å². The summed E-state index contributed by atoms with van der Waals surface area (Å²) in [5.74, 6) is -0.510. The van der Waals surface area contributed by atoms with E-state index in [1.165, 1.54) is 0 Å². The van der Waals surface area contributed by atoms with E-state index in [0.29, 0.717) is 13.0 Å². The minimum atomic E-state index is -1.18. The van der Waals surface area contributed by atoms with E-state index in [1.54, 1.807) is 20.8 Å². The van der Waals surface area contributed by atoms with Crippen LogP contribution in [0.1, 0.15) is 46.6 Å². The van der Waals surface area contributed by atoms with Crippen LogP contribution in [0, 0.1) is 0 Å². The molecule has 2 rings (SSSR count). The Morgan fingerprint density at radius 1 is 1.20 bits per heavy atom. The van der Waals surface area contributed by atoms with Crippen LogP contribution in [0.5, 0.6) is 0 Å². The number of esters is 1. The molecule has 1 amide bonds. The van der Waals surface area contributed by atoms with Crippen LogP contribution >= 0.6 is 0 Å². The highest BCUT2D eigenvalue weighted by Gasteiger charge is 2.46. The Kier molecular flexibility index (Phi) is 7.90. The number of hydrogen-bond acceptors (Lipinski definition) is 5. The molecule has 1 aliphatic heterocycles. The summed E-state index contributed by atoms with van der Waals surface area (Å²) in [7, 11) is 0. The number of rotatable bonds is 4. The largest absolute Gasteiger partial charge is 0.459 e. The first-order chi connectivity index (χ1) is 11.8. The molecule has 1 aromatic rings. The van der Waals surface area contributed by atoms with Gasteiger partial charge in [0, 0.05) is 13.0 Å². The van der Waals surface area contributed by atoms with Crippen molar-refractivity contribution in [1.82, 2.24) is 5.32 Å². The predicted molar refractivity (Wildman–Crippen MR) is 95.1 cm³/mol. The van der Waals surface area contributed by atoms with Gasteiger partial charge in [-0.05, 0) is 26.3 Å². The van der Waals surface area contributed by atoms with Gasteiger partial charge in [0.15, 0.2) is 5.54 Å². The van der Waals surface area contributed by atoms with Gasteiger partial charge in [0.1, 0.15) is 12.2 Å². The maximum atomic E-state index is 12.5. The Morgan fingerprint density at radius 2 is 1.84 bits per heavy atom. The summed E-state index contributed by atoms with van der Waals surface area (Å²) in [4.78, 5) is 24.5. The molecule has 0 bridgehead atoms. The molecule has 0 spiro atoms. The molecular weight excluding hydrogens is 322 g/mol. The summed E-state index contributed by atoms with van der Waals surface area (Å²) in [5, 5.41) is 2.62. The summed E-state index contributed by atoms with van der Waals surface area (Å²) >= 11 is 0. The lowest BCUT2D eigenvalue weighted by atomic mass is 9.99. The zero-order valence-electron chi connectivity index (χ0n) is 15.8. The number of amides is 1. The molecule has 1 saturated heterocycles. The first kappa shape index (κ1) is 21.0. The van der Waals surface area contributed by atoms with Crippen molar-refractivity contribution in [3.8, 4) is 0 Å². The molecule has 0 radical (unpaired) electrons. The normalized spacial score (nSPS) is 19.4. The fourth-order valence-electron chi connectivity index (χ4n) is 2.24. The first-order valence-corrected chi connectivity index (χ1v) is 8.61. The van der Waals surface area contributed by atoms with Crippen molar-refractivity contribution in [2.24, 2.45) is 0 Å². The Bertz CT molecular complexity index is 545. The van der Waals surface area contributed by atoms with Gasteiger partial charge >= 0.3 is 12.1 Å². The van der Waals surface area contributed by atoms with Crippen molar-refractivity contribution in [3.05, 3.63) is 35.9 Å². The Morgan fingerprint density at radius 3 is 2.36 bits per heavy atom. The molecule has 1 aromatic carbocycles. The van der Waals surface area contributed by atoms with Crippen molar-refractivity contribution >= 4 is 12.1 Å². The fourth-order valence-corrected chi connectivity index (χ4v) is 2.24. The third-order valence-electron chi connectivity index (χ3n) is 3.37. The van der Waals surface area contributed by atoms with Crippen LogP contribution in [0.15, 0.2) is 30.3 Å². The number of nitrogens with one attached hydrogen (secondary N) is 1. The van der Waals surface area contributed by atoms with E-state index in [2.05, 4.69) is 5.32 Å². The summed E-state index contributed by atoms with van der Waals surface area (Å²) in [6.45, 7) is 9.90. The van der Waals surface area contributed by atoms with Crippen molar-refractivity contribution in [2.45, 2.75) is 58.8 Å². The van der Waals surface area contributed by atoms with Crippen molar-refractivity contribution in [1.29, 1.82) is 0 Å². The Hall–Kier alpha value is -2.08. The summed E-state index contributed by atoms with van der Waals surface area (Å²) in [5.41, 5.74) is -0.942. The lowest BCUT2D eigenvalue weighted by Crippen LogP contribution is -2.56. The third kappa shape index (κ3) is 6.74. The van der Waals surface area contributed by atoms with E-state index in [1.807, 2.05) is 44.2 Å². The predicted octanol–water partition coefficient (Wildman–Crippen LogP) is 3.44. The minimum Gasteiger partial charge on any atom is -0.459 e. The molecular formula is C19H29NO5. The van der Waals surface area contributed by atoms with Gasteiger partial charge in [-0.3, -0.25) is 0 Å². The van der Waals surface area contributed by atoms with E-state index < -0.39 is 23.2 Å². The van der Waals surface area contributed by atoms with Gasteiger partial charge in [-0.15, -0.1) is 0 Å². The minimum absolute atomic E-state index is 0.0832. The molecule has 1 N–H and O–H groups in total. The lowest BCUT2D eigenvalue weighted by molar-refractivity contribution is -0.153. The highest BCUT2D eigenvalue weighted by atomic mass is 16.6. The van der Waals surface area contributed by atoms with Crippen LogP contribution in [-0.2, 0) is 25.6 Å². The molecule has 1 unspecified atom stereocenters. The molecule has 1 aliphatic rings. The number of hydrogen-bond donors (Lipinski definition) is 1. The highest BCUT2D eigenvalue weighted by Crippen LogP contribution is 2.22. The number of benzene rings is 1. The van der Waals surface area contributed by atoms with Crippen molar-refractivity contribution < 1.29 is 23.8 Å². The van der Waals surface area contributed by atoms with E-state index in [4.69, 9.17) is 14.2 Å². The molecule has 0 aliphatic carbocycles. The highest BCUT2D eigenvalue weighted by molar-refractivity contribution is 5.86. The van der Waals surface area contributed by atoms with Gasteiger partial charge in [-0.2, -0.15) is 0 Å². The molecule has 1 fully saturated rings. The van der Waals surface area contributed by atoms with Gasteiger partial charge in [0.2, 0.25) is 0 Å². The average Bonchev–Trinajstić information content (AvgIpc) is 3.03. The Labute approximate surface area is 149 Å². The van der Waals surface area contributed by atoms with Crippen LogP contribution in [0.25, 0.3) is 0 Å². The summed E-state index contributed by atoms with van der Waals surface area (Å²) < 4.78 is 15.9. The second kappa shape index (κ2) is 9.42. The van der Waals surface area contributed by atoms with E-state index in [-0.39, 0.29) is 13.2 Å². The molecule has 140 valence electrons. The number of alkyl carbamates (subject to hydrolysis) is 1. The average molecular weight is 351 g/mol. The topological polar surface area (TPSA) is 73.9 Å². The number of carbonyl (C=O) groups excluding carboxylic acids is 2. The molecule has 25 heavy (non-hydrogen) atoms. The van der Waals surface area contributed by atoms with E-state index in [0.717, 1.165) is 5.56 Å². The molecule has 1 heterocycles. The van der Waals surface area contributed by atoms with E-state index in [9.17, 15) is 9.59 Å². The fraction of sp³-hybridized carbons (Fsp3) is 0.579. The van der Waals surface area contributed by atoms with Crippen LogP contribution in [0.4, 0.5) is 4.79 Å². The lowest BCUT2D eigenvalue weighted by Gasteiger charge is -2.28. The van der Waals surface area contributed by atoms with Gasteiger partial charge < -0.3 is 19.5 Å². The van der Waals surface area contributed by atoms with Crippen LogP contribution in [-0.4, -0.2) is 36.4 Å². The second-order valence-corrected chi connectivity index (χ2v) is 6.57. The SMILES string of the molecule is CC.CC(C)(C)OC(=O)NC1(C(=O)OCc2ccccc2)CCOC1.